The molecule has 0 bridgehead atoms. The van der Waals surface area contributed by atoms with Crippen LogP contribution in [0.4, 0.5) is 5.95 Å². The van der Waals surface area contributed by atoms with Crippen LogP contribution in [0.1, 0.15) is 18.2 Å². The van der Waals surface area contributed by atoms with Gasteiger partial charge in [0.25, 0.3) is 5.56 Å². The lowest BCUT2D eigenvalue weighted by atomic mass is 10.0. The molecule has 1 fully saturated rings. The van der Waals surface area contributed by atoms with Crippen molar-refractivity contribution in [2.75, 3.05) is 12.3 Å². The van der Waals surface area contributed by atoms with E-state index in [2.05, 4.69) is 9.97 Å². The molecule has 3 heterocycles. The van der Waals surface area contributed by atoms with Gasteiger partial charge in [0.1, 0.15) is 12.5 Å². The van der Waals surface area contributed by atoms with Crippen molar-refractivity contribution < 1.29 is 14.6 Å². The lowest BCUT2D eigenvalue weighted by molar-refractivity contribution is -0.113. The molecule has 1 aliphatic rings. The van der Waals surface area contributed by atoms with Crippen LogP contribution in [0.15, 0.2) is 11.0 Å². The first-order chi connectivity index (χ1) is 10.0. The van der Waals surface area contributed by atoms with E-state index in [4.69, 9.17) is 10.5 Å². The van der Waals surface area contributed by atoms with Crippen LogP contribution in [0.2, 0.25) is 0 Å². The van der Waals surface area contributed by atoms with Gasteiger partial charge in [-0.1, -0.05) is 0 Å². The quantitative estimate of drug-likeness (QED) is 0.668. The number of hydrogen-bond acceptors (Lipinski definition) is 6. The third-order valence-corrected chi connectivity index (χ3v) is 3.84. The number of nitrogens with two attached hydrogens (primary N) is 1. The molecule has 8 nitrogen and oxygen atoms in total. The van der Waals surface area contributed by atoms with E-state index >= 15 is 0 Å². The maximum Gasteiger partial charge on any atom is 0.262 e. The van der Waals surface area contributed by atoms with E-state index in [1.807, 2.05) is 0 Å². The predicted molar refractivity (Wildman–Crippen MR) is 74.7 cm³/mol. The van der Waals surface area contributed by atoms with Crippen LogP contribution in [0.5, 0.6) is 0 Å². The molecule has 0 saturated carbocycles. The number of aldehydes is 1. The number of ether oxygens (including phenoxy) is 1. The fourth-order valence-corrected chi connectivity index (χ4v) is 2.82. The van der Waals surface area contributed by atoms with Crippen LogP contribution in [0.25, 0.3) is 11.0 Å². The molecule has 2 aromatic rings. The molecule has 0 radical (unpaired) electrons. The maximum absolute atomic E-state index is 12.0. The van der Waals surface area contributed by atoms with Crippen LogP contribution < -0.4 is 11.3 Å². The van der Waals surface area contributed by atoms with Crippen LogP contribution in [0.3, 0.4) is 0 Å². The number of carbonyl (C=O) groups excluding carboxylic acids is 1. The number of aromatic nitrogens is 3. The Morgan fingerprint density at radius 2 is 2.43 bits per heavy atom. The number of nitrogens with zero attached hydrogens (tertiary/aromatic N) is 2. The molecule has 112 valence electrons. The molecule has 1 saturated heterocycles. The third-order valence-electron chi connectivity index (χ3n) is 3.84. The van der Waals surface area contributed by atoms with Crippen molar-refractivity contribution >= 4 is 23.3 Å². The summed E-state index contributed by atoms with van der Waals surface area (Å²) in [5.41, 5.74) is 6.45. The van der Waals surface area contributed by atoms with Gasteiger partial charge in [0.15, 0.2) is 5.65 Å². The zero-order chi connectivity index (χ0) is 15.1. The zero-order valence-corrected chi connectivity index (χ0v) is 11.4. The Morgan fingerprint density at radius 1 is 1.67 bits per heavy atom. The topological polar surface area (TPSA) is 123 Å². The molecule has 0 spiro atoms. The molecule has 3 rings (SSSR count). The summed E-state index contributed by atoms with van der Waals surface area (Å²) in [4.78, 5) is 29.6. The molecular formula is C13H16N4O4. The van der Waals surface area contributed by atoms with Crippen LogP contribution >= 0.6 is 0 Å². The van der Waals surface area contributed by atoms with Crippen molar-refractivity contribution in [2.45, 2.75) is 25.7 Å². The number of hydrogen-bond donors (Lipinski definition) is 3. The molecule has 8 heteroatoms. The summed E-state index contributed by atoms with van der Waals surface area (Å²) in [7, 11) is 0. The predicted octanol–water partition coefficient (Wildman–Crippen LogP) is -0.290. The van der Waals surface area contributed by atoms with E-state index < -0.39 is 12.3 Å². The standard InChI is InChI=1S/C13H16N4O4/c1-6-3-17(9-2-7(4-18)8(5-19)21-9)11-10(6)12(20)16-13(14)15-11/h3-4,7-9,19H,2,5H2,1H3,(H3,14,15,16,20)/t7?,8-,9-/m1/s1. The lowest BCUT2D eigenvalue weighted by Crippen LogP contribution is -2.21. The first-order valence-electron chi connectivity index (χ1n) is 6.63. The fraction of sp³-hybridized carbons (Fsp3) is 0.462. The molecule has 4 N–H and O–H groups in total. The van der Waals surface area contributed by atoms with Gasteiger partial charge in [-0.15, -0.1) is 0 Å². The third kappa shape index (κ3) is 2.12. The maximum atomic E-state index is 12.0. The Labute approximate surface area is 119 Å². The van der Waals surface area contributed by atoms with Crippen molar-refractivity contribution in [3.63, 3.8) is 0 Å². The summed E-state index contributed by atoms with van der Waals surface area (Å²) >= 11 is 0. The zero-order valence-electron chi connectivity index (χ0n) is 11.4. The van der Waals surface area contributed by atoms with E-state index in [0.717, 1.165) is 11.8 Å². The number of nitrogens with one attached hydrogen (secondary N) is 1. The lowest BCUT2D eigenvalue weighted by Gasteiger charge is -2.14. The number of anilines is 1. The van der Waals surface area contributed by atoms with E-state index in [9.17, 15) is 14.7 Å². The molecule has 3 atom stereocenters. The van der Waals surface area contributed by atoms with Gasteiger partial charge in [0.2, 0.25) is 5.95 Å². The summed E-state index contributed by atoms with van der Waals surface area (Å²) in [6.07, 6.45) is 1.96. The van der Waals surface area contributed by atoms with Crippen molar-refractivity contribution in [1.82, 2.24) is 14.5 Å². The number of rotatable bonds is 3. The Hall–Kier alpha value is -2.19. The van der Waals surface area contributed by atoms with E-state index in [1.54, 1.807) is 17.7 Å². The number of aliphatic hydroxyl groups excluding tert-OH is 1. The summed E-state index contributed by atoms with van der Waals surface area (Å²) in [5.74, 6) is -0.354. The SMILES string of the molecule is Cc1cn([C@H]2CC(C=O)[C@@H](CO)O2)c2nc(N)[nH]c(=O)c12. The molecule has 1 unspecified atom stereocenters. The number of aryl methyl sites for hydroxylation is 1. The van der Waals surface area contributed by atoms with Gasteiger partial charge < -0.3 is 24.9 Å². The van der Waals surface area contributed by atoms with Crippen molar-refractivity contribution in [2.24, 2.45) is 5.92 Å². The van der Waals surface area contributed by atoms with Gasteiger partial charge >= 0.3 is 0 Å². The number of fused-ring (bicyclic) bond motifs is 1. The molecular weight excluding hydrogens is 276 g/mol. The second kappa shape index (κ2) is 4.97. The van der Waals surface area contributed by atoms with Gasteiger partial charge in [0.05, 0.1) is 18.1 Å². The van der Waals surface area contributed by atoms with Gasteiger partial charge in [-0.3, -0.25) is 9.78 Å². The first kappa shape index (κ1) is 13.8. The highest BCUT2D eigenvalue weighted by Gasteiger charge is 2.36. The first-order valence-corrected chi connectivity index (χ1v) is 6.63. The summed E-state index contributed by atoms with van der Waals surface area (Å²) in [5, 5.41) is 9.70. The van der Waals surface area contributed by atoms with Crippen LogP contribution in [0, 0.1) is 12.8 Å². The highest BCUT2D eigenvalue weighted by molar-refractivity contribution is 5.80. The van der Waals surface area contributed by atoms with Gasteiger partial charge in [-0.2, -0.15) is 4.98 Å². The number of nitrogen functional groups attached to an aromatic ring is 1. The average Bonchev–Trinajstić information content (AvgIpc) is 2.99. The Balaban J connectivity index is 2.10. The van der Waals surface area contributed by atoms with Crippen molar-refractivity contribution in [3.05, 3.63) is 22.1 Å². The molecule has 1 aliphatic heterocycles. The number of aliphatic hydroxyl groups is 1. The minimum Gasteiger partial charge on any atom is -0.394 e. The van der Waals surface area contributed by atoms with E-state index in [1.165, 1.54) is 0 Å². The van der Waals surface area contributed by atoms with Gasteiger partial charge in [0, 0.05) is 18.5 Å². The van der Waals surface area contributed by atoms with Gasteiger partial charge in [-0.05, 0) is 12.5 Å². The Kier molecular flexibility index (Phi) is 3.26. The minimum atomic E-state index is -0.537. The van der Waals surface area contributed by atoms with Gasteiger partial charge in [-0.25, -0.2) is 0 Å². The second-order valence-electron chi connectivity index (χ2n) is 5.22. The Morgan fingerprint density at radius 3 is 3.05 bits per heavy atom. The highest BCUT2D eigenvalue weighted by Crippen LogP contribution is 2.34. The monoisotopic (exact) mass is 292 g/mol. The molecule has 0 aromatic carbocycles. The smallest absolute Gasteiger partial charge is 0.262 e. The molecule has 21 heavy (non-hydrogen) atoms. The molecule has 0 amide bonds. The van der Waals surface area contributed by atoms with E-state index in [0.29, 0.717) is 17.5 Å². The Bertz CT molecular complexity index is 750. The van der Waals surface area contributed by atoms with Crippen molar-refractivity contribution in [3.8, 4) is 0 Å². The number of carbonyl (C=O) groups is 1. The molecule has 0 aliphatic carbocycles. The highest BCUT2D eigenvalue weighted by atomic mass is 16.5. The van der Waals surface area contributed by atoms with Crippen molar-refractivity contribution in [1.29, 1.82) is 0 Å². The average molecular weight is 292 g/mol. The minimum absolute atomic E-state index is 0.0236. The normalized spacial score (nSPS) is 25.5. The molecule has 2 aromatic heterocycles. The van der Waals surface area contributed by atoms with E-state index in [-0.39, 0.29) is 24.0 Å². The second-order valence-corrected chi connectivity index (χ2v) is 5.22. The largest absolute Gasteiger partial charge is 0.394 e. The van der Waals surface area contributed by atoms with Crippen LogP contribution in [-0.4, -0.2) is 38.6 Å². The summed E-state index contributed by atoms with van der Waals surface area (Å²) in [6.45, 7) is 1.57. The number of aromatic amines is 1. The number of H-pyrrole nitrogens is 1. The summed E-state index contributed by atoms with van der Waals surface area (Å²) in [6, 6.07) is 0. The summed E-state index contributed by atoms with van der Waals surface area (Å²) < 4.78 is 7.39. The van der Waals surface area contributed by atoms with Crippen LogP contribution in [-0.2, 0) is 9.53 Å². The fourth-order valence-electron chi connectivity index (χ4n) is 2.82.